The fraction of sp³-hybridized carbons (Fsp3) is 0.292. The molecule has 1 atom stereocenters. The minimum Gasteiger partial charge on any atom is -0.300 e. The van der Waals surface area contributed by atoms with Gasteiger partial charge in [0.2, 0.25) is 0 Å². The molecule has 0 bridgehead atoms. The van der Waals surface area contributed by atoms with Crippen LogP contribution >= 0.6 is 0 Å². The monoisotopic (exact) mass is 402 g/mol. The predicted molar refractivity (Wildman–Crippen MR) is 120 cm³/mol. The average molecular weight is 402 g/mol. The van der Waals surface area contributed by atoms with Gasteiger partial charge in [0.25, 0.3) is 5.56 Å². The Hall–Kier alpha value is -3.41. The first kappa shape index (κ1) is 19.9. The van der Waals surface area contributed by atoms with Crippen LogP contribution < -0.4 is 11.2 Å². The first-order valence-electron chi connectivity index (χ1n) is 10.3. The van der Waals surface area contributed by atoms with Crippen molar-refractivity contribution in [1.82, 2.24) is 19.1 Å². The lowest BCUT2D eigenvalue weighted by atomic mass is 10.1. The van der Waals surface area contributed by atoms with E-state index in [0.29, 0.717) is 11.5 Å². The van der Waals surface area contributed by atoms with Crippen LogP contribution in [0.15, 0.2) is 64.2 Å². The van der Waals surface area contributed by atoms with E-state index in [-0.39, 0.29) is 22.8 Å². The highest BCUT2D eigenvalue weighted by atomic mass is 16.2. The van der Waals surface area contributed by atoms with Crippen LogP contribution in [-0.4, -0.2) is 19.1 Å². The van der Waals surface area contributed by atoms with Crippen molar-refractivity contribution in [3.05, 3.63) is 86.6 Å². The molecule has 0 saturated carbocycles. The highest BCUT2D eigenvalue weighted by molar-refractivity contribution is 5.73. The van der Waals surface area contributed by atoms with E-state index in [4.69, 9.17) is 4.98 Å². The van der Waals surface area contributed by atoms with Gasteiger partial charge in [0, 0.05) is 18.7 Å². The van der Waals surface area contributed by atoms with Crippen LogP contribution in [0.1, 0.15) is 36.9 Å². The van der Waals surface area contributed by atoms with E-state index in [1.807, 2.05) is 56.3 Å². The Labute approximate surface area is 174 Å². The highest BCUT2D eigenvalue weighted by Crippen LogP contribution is 2.21. The van der Waals surface area contributed by atoms with Gasteiger partial charge < -0.3 is 0 Å². The number of hydrogen-bond acceptors (Lipinski definition) is 3. The minimum absolute atomic E-state index is 0.0690. The van der Waals surface area contributed by atoms with Crippen LogP contribution in [-0.2, 0) is 13.5 Å². The summed E-state index contributed by atoms with van der Waals surface area (Å²) in [6.07, 6.45) is 2.71. The second-order valence-corrected chi connectivity index (χ2v) is 7.89. The summed E-state index contributed by atoms with van der Waals surface area (Å²) in [5, 5.41) is 0. The summed E-state index contributed by atoms with van der Waals surface area (Å²) < 4.78 is 3.12. The van der Waals surface area contributed by atoms with Gasteiger partial charge in [-0.05, 0) is 38.7 Å². The third-order valence-corrected chi connectivity index (χ3v) is 5.63. The molecule has 1 N–H and O–H groups in total. The molecule has 154 valence electrons. The number of aromatic nitrogens is 4. The predicted octanol–water partition coefficient (Wildman–Crippen LogP) is 3.98. The summed E-state index contributed by atoms with van der Waals surface area (Å²) in [6.45, 7) is 4.02. The number of nitrogens with one attached hydrogen (secondary N) is 1. The highest BCUT2D eigenvalue weighted by Gasteiger charge is 2.19. The maximum absolute atomic E-state index is 12.9. The van der Waals surface area contributed by atoms with E-state index >= 15 is 0 Å². The molecule has 0 saturated heterocycles. The van der Waals surface area contributed by atoms with Gasteiger partial charge in [-0.3, -0.25) is 18.9 Å². The quantitative estimate of drug-likeness (QED) is 0.530. The molecule has 6 heteroatoms. The Bertz CT molecular complexity index is 1280. The van der Waals surface area contributed by atoms with Crippen molar-refractivity contribution in [2.75, 3.05) is 0 Å². The molecule has 0 aliphatic carbocycles. The van der Waals surface area contributed by atoms with Gasteiger partial charge in [0.05, 0.1) is 0 Å². The van der Waals surface area contributed by atoms with Gasteiger partial charge in [0.1, 0.15) is 5.82 Å². The SMILES string of the molecule is Cc1ccc(-c2nc3c([nH]c(=O)n3C(C)CCCc3ccccc3)c(=O)n2C)cc1. The number of hydrogen-bond donors (Lipinski definition) is 1. The van der Waals surface area contributed by atoms with E-state index in [2.05, 4.69) is 17.1 Å². The normalized spacial score (nSPS) is 12.4. The van der Waals surface area contributed by atoms with Gasteiger partial charge in [-0.25, -0.2) is 9.78 Å². The Kier molecular flexibility index (Phi) is 5.40. The summed E-state index contributed by atoms with van der Waals surface area (Å²) in [5.41, 5.74) is 3.41. The zero-order chi connectivity index (χ0) is 21.3. The topological polar surface area (TPSA) is 72.7 Å². The molecule has 4 aromatic rings. The van der Waals surface area contributed by atoms with Crippen molar-refractivity contribution in [1.29, 1.82) is 0 Å². The third kappa shape index (κ3) is 3.73. The maximum atomic E-state index is 12.9. The Morgan fingerprint density at radius 1 is 1.03 bits per heavy atom. The lowest BCUT2D eigenvalue weighted by Gasteiger charge is -2.14. The van der Waals surface area contributed by atoms with E-state index in [9.17, 15) is 9.59 Å². The number of imidazole rings is 1. The molecular formula is C24H26N4O2. The molecule has 0 spiro atoms. The van der Waals surface area contributed by atoms with Crippen LogP contribution in [0, 0.1) is 6.92 Å². The molecular weight excluding hydrogens is 376 g/mol. The lowest BCUT2D eigenvalue weighted by Crippen LogP contribution is -2.22. The van der Waals surface area contributed by atoms with Crippen LogP contribution in [0.25, 0.3) is 22.6 Å². The molecule has 1 unspecified atom stereocenters. The Balaban J connectivity index is 1.69. The molecule has 0 aliphatic rings. The van der Waals surface area contributed by atoms with Gasteiger partial charge in [-0.1, -0.05) is 60.2 Å². The zero-order valence-electron chi connectivity index (χ0n) is 17.6. The smallest absolute Gasteiger partial charge is 0.300 e. The lowest BCUT2D eigenvalue weighted by molar-refractivity contribution is 0.486. The number of nitrogens with zero attached hydrogens (tertiary/aromatic N) is 3. The zero-order valence-corrected chi connectivity index (χ0v) is 17.6. The summed E-state index contributed by atoms with van der Waals surface area (Å²) in [5.74, 6) is 0.553. The van der Waals surface area contributed by atoms with Crippen molar-refractivity contribution in [2.24, 2.45) is 7.05 Å². The van der Waals surface area contributed by atoms with Crippen LogP contribution in [0.3, 0.4) is 0 Å². The summed E-state index contributed by atoms with van der Waals surface area (Å²) in [4.78, 5) is 33.1. The van der Waals surface area contributed by atoms with E-state index in [0.717, 1.165) is 30.4 Å². The number of H-pyrrole nitrogens is 1. The first-order chi connectivity index (χ1) is 14.5. The first-order valence-corrected chi connectivity index (χ1v) is 10.3. The van der Waals surface area contributed by atoms with Crippen molar-refractivity contribution in [3.63, 3.8) is 0 Å². The van der Waals surface area contributed by atoms with Crippen molar-refractivity contribution >= 4 is 11.2 Å². The molecule has 0 amide bonds. The molecule has 6 nitrogen and oxygen atoms in total. The van der Waals surface area contributed by atoms with E-state index in [1.165, 1.54) is 10.1 Å². The average Bonchev–Trinajstić information content (AvgIpc) is 3.08. The minimum atomic E-state index is -0.289. The van der Waals surface area contributed by atoms with Gasteiger partial charge >= 0.3 is 5.69 Å². The van der Waals surface area contributed by atoms with Crippen LogP contribution in [0.4, 0.5) is 0 Å². The van der Waals surface area contributed by atoms with Crippen molar-refractivity contribution in [3.8, 4) is 11.4 Å². The summed E-state index contributed by atoms with van der Waals surface area (Å²) in [7, 11) is 1.68. The van der Waals surface area contributed by atoms with Crippen LogP contribution in [0.5, 0.6) is 0 Å². The van der Waals surface area contributed by atoms with Gasteiger partial charge in [-0.2, -0.15) is 0 Å². The second-order valence-electron chi connectivity index (χ2n) is 7.89. The van der Waals surface area contributed by atoms with Gasteiger partial charge in [0.15, 0.2) is 11.2 Å². The van der Waals surface area contributed by atoms with E-state index in [1.54, 1.807) is 11.6 Å². The molecule has 2 aromatic heterocycles. The standard InChI is InChI=1S/C24H26N4O2/c1-16-12-14-19(15-13-16)21-26-22-20(23(29)27(21)3)25-24(30)28(22)17(2)8-7-11-18-9-5-4-6-10-18/h4-6,9-10,12-15,17H,7-8,11H2,1-3H3,(H,25,30). The molecule has 0 radical (unpaired) electrons. The third-order valence-electron chi connectivity index (χ3n) is 5.63. The van der Waals surface area contributed by atoms with Crippen LogP contribution in [0.2, 0.25) is 0 Å². The molecule has 4 rings (SSSR count). The van der Waals surface area contributed by atoms with Crippen molar-refractivity contribution in [2.45, 2.75) is 39.2 Å². The largest absolute Gasteiger partial charge is 0.328 e. The number of benzene rings is 2. The number of aryl methyl sites for hydroxylation is 2. The number of fused-ring (bicyclic) bond motifs is 1. The summed E-state index contributed by atoms with van der Waals surface area (Å²) >= 11 is 0. The van der Waals surface area contributed by atoms with Crippen molar-refractivity contribution < 1.29 is 0 Å². The Morgan fingerprint density at radius 2 is 1.73 bits per heavy atom. The maximum Gasteiger partial charge on any atom is 0.328 e. The summed E-state index contributed by atoms with van der Waals surface area (Å²) in [6, 6.07) is 18.1. The molecule has 30 heavy (non-hydrogen) atoms. The molecule has 2 heterocycles. The number of rotatable bonds is 6. The Morgan fingerprint density at radius 3 is 2.43 bits per heavy atom. The molecule has 0 fully saturated rings. The fourth-order valence-electron chi connectivity index (χ4n) is 3.88. The van der Waals surface area contributed by atoms with E-state index < -0.39 is 0 Å². The fourth-order valence-corrected chi connectivity index (χ4v) is 3.88. The van der Waals surface area contributed by atoms with Gasteiger partial charge in [-0.15, -0.1) is 0 Å². The molecule has 2 aromatic carbocycles. The second kappa shape index (κ2) is 8.14. The number of aromatic amines is 1. The molecule has 0 aliphatic heterocycles.